The molecule has 0 aliphatic heterocycles. The van der Waals surface area contributed by atoms with Crippen LogP contribution in [0.3, 0.4) is 0 Å². The van der Waals surface area contributed by atoms with Crippen LogP contribution in [0.4, 0.5) is 0 Å². The van der Waals surface area contributed by atoms with Crippen LogP contribution in [-0.4, -0.2) is 5.91 Å². The Hall–Kier alpha value is -2.09. The molecule has 3 rings (SSSR count). The van der Waals surface area contributed by atoms with Gasteiger partial charge < -0.3 is 5.73 Å². The average Bonchev–Trinajstić information content (AvgIpc) is 2.87. The van der Waals surface area contributed by atoms with Crippen LogP contribution >= 0.6 is 0 Å². The number of carbonyl (C=O) groups excluding carboxylic acids is 1. The molecule has 0 heterocycles. The largest absolute Gasteiger partial charge is 0.366 e. The van der Waals surface area contributed by atoms with Crippen molar-refractivity contribution in [3.8, 4) is 0 Å². The summed E-state index contributed by atoms with van der Waals surface area (Å²) in [6, 6.07) is 14.0. The Morgan fingerprint density at radius 3 is 2.15 bits per heavy atom. The van der Waals surface area contributed by atoms with E-state index < -0.39 is 0 Å². The summed E-state index contributed by atoms with van der Waals surface area (Å²) in [4.78, 5) is 10.5. The third kappa shape index (κ3) is 3.70. The van der Waals surface area contributed by atoms with E-state index in [-0.39, 0.29) is 5.91 Å². The first-order valence-electron chi connectivity index (χ1n) is 7.01. The quantitative estimate of drug-likeness (QED) is 0.843. The molecule has 0 spiro atoms. The molecule has 20 heavy (non-hydrogen) atoms. The molecule has 0 unspecified atom stereocenters. The van der Waals surface area contributed by atoms with Gasteiger partial charge in [-0.3, -0.25) is 4.79 Å². The number of amides is 1. The predicted octanol–water partition coefficient (Wildman–Crippen LogP) is 3.58. The molecule has 0 radical (unpaired) electrons. The Bertz CT molecular complexity index is 599. The summed E-state index contributed by atoms with van der Waals surface area (Å²) in [5.74, 6) is -0.375. The lowest BCUT2D eigenvalue weighted by Gasteiger charge is -1.98. The highest BCUT2D eigenvalue weighted by Crippen LogP contribution is 2.22. The Morgan fingerprint density at radius 2 is 1.50 bits per heavy atom. The van der Waals surface area contributed by atoms with Crippen molar-refractivity contribution in [2.75, 3.05) is 0 Å². The lowest BCUT2D eigenvalue weighted by molar-refractivity contribution is 0.100. The Kier molecular flexibility index (Phi) is 4.57. The first-order chi connectivity index (χ1) is 9.56. The first kappa shape index (κ1) is 14.3. The number of hydrogen-bond donors (Lipinski definition) is 1. The van der Waals surface area contributed by atoms with E-state index in [1.807, 2.05) is 19.1 Å². The summed E-state index contributed by atoms with van der Waals surface area (Å²) in [5, 5.41) is 0. The van der Waals surface area contributed by atoms with Gasteiger partial charge in [-0.2, -0.15) is 0 Å². The monoisotopic (exact) mass is 267 g/mol. The van der Waals surface area contributed by atoms with Gasteiger partial charge in [-0.05, 0) is 56.4 Å². The van der Waals surface area contributed by atoms with E-state index in [2.05, 4.69) is 25.1 Å². The molecule has 0 fully saturated rings. The molecule has 0 saturated carbocycles. The van der Waals surface area contributed by atoms with Crippen molar-refractivity contribution in [3.63, 3.8) is 0 Å². The van der Waals surface area contributed by atoms with Crippen LogP contribution in [0.2, 0.25) is 0 Å². The summed E-state index contributed by atoms with van der Waals surface area (Å²) < 4.78 is 0. The number of aryl methyl sites for hydroxylation is 4. The van der Waals surface area contributed by atoms with Crippen LogP contribution in [0.15, 0.2) is 42.5 Å². The van der Waals surface area contributed by atoms with Gasteiger partial charge in [0.05, 0.1) is 0 Å². The van der Waals surface area contributed by atoms with Crippen LogP contribution in [0.5, 0.6) is 0 Å². The van der Waals surface area contributed by atoms with Gasteiger partial charge >= 0.3 is 0 Å². The van der Waals surface area contributed by atoms with Crippen LogP contribution < -0.4 is 5.73 Å². The van der Waals surface area contributed by atoms with Gasteiger partial charge in [-0.25, -0.2) is 0 Å². The van der Waals surface area contributed by atoms with Gasteiger partial charge in [0.25, 0.3) is 0 Å². The minimum absolute atomic E-state index is 0.375. The van der Waals surface area contributed by atoms with Crippen molar-refractivity contribution in [3.05, 3.63) is 70.3 Å². The fourth-order valence-electron chi connectivity index (χ4n) is 2.42. The number of rotatable bonds is 1. The standard InChI is InChI=1S/C10H12.C8H9NO/c1-8-5-6-9-3-2-4-10(9)7-8;1-6-2-4-7(5-3-6)8(9)10/h5-7H,2-4H2,1H3;2-5H,1H3,(H2,9,10). The molecule has 104 valence electrons. The van der Waals surface area contributed by atoms with Crippen LogP contribution in [0, 0.1) is 13.8 Å². The third-order valence-electron chi connectivity index (χ3n) is 3.59. The summed E-state index contributed by atoms with van der Waals surface area (Å²) in [5.41, 5.74) is 11.3. The molecule has 1 aliphatic carbocycles. The van der Waals surface area contributed by atoms with Gasteiger partial charge in [0, 0.05) is 5.56 Å². The van der Waals surface area contributed by atoms with Crippen LogP contribution in [-0.2, 0) is 12.8 Å². The zero-order valence-electron chi connectivity index (χ0n) is 12.1. The lowest BCUT2D eigenvalue weighted by atomic mass is 10.1. The fraction of sp³-hybridized carbons (Fsp3) is 0.278. The predicted molar refractivity (Wildman–Crippen MR) is 82.9 cm³/mol. The maximum absolute atomic E-state index is 10.5. The maximum atomic E-state index is 10.5. The average molecular weight is 267 g/mol. The lowest BCUT2D eigenvalue weighted by Crippen LogP contribution is -2.10. The molecule has 2 nitrogen and oxygen atoms in total. The van der Waals surface area contributed by atoms with Crippen LogP contribution in [0.25, 0.3) is 0 Å². The van der Waals surface area contributed by atoms with E-state index >= 15 is 0 Å². The second-order valence-electron chi connectivity index (χ2n) is 5.36. The minimum Gasteiger partial charge on any atom is -0.366 e. The maximum Gasteiger partial charge on any atom is 0.248 e. The highest BCUT2D eigenvalue weighted by Gasteiger charge is 2.08. The SMILES string of the molecule is Cc1ccc(C(N)=O)cc1.Cc1ccc2c(c1)CCC2. The molecule has 0 bridgehead atoms. The summed E-state index contributed by atoms with van der Waals surface area (Å²) in [6.07, 6.45) is 3.96. The summed E-state index contributed by atoms with van der Waals surface area (Å²) in [6.45, 7) is 4.13. The third-order valence-corrected chi connectivity index (χ3v) is 3.59. The molecule has 2 aromatic carbocycles. The van der Waals surface area contributed by atoms with Gasteiger partial charge in [0.2, 0.25) is 5.91 Å². The van der Waals surface area contributed by atoms with Crippen molar-refractivity contribution in [1.29, 1.82) is 0 Å². The molecule has 2 aromatic rings. The van der Waals surface area contributed by atoms with E-state index in [9.17, 15) is 4.79 Å². The summed E-state index contributed by atoms with van der Waals surface area (Å²) in [7, 11) is 0. The second-order valence-corrected chi connectivity index (χ2v) is 5.36. The van der Waals surface area contributed by atoms with Gasteiger partial charge in [0.1, 0.15) is 0 Å². The number of carbonyl (C=O) groups is 1. The zero-order chi connectivity index (χ0) is 14.5. The van der Waals surface area contributed by atoms with Gasteiger partial charge in [-0.15, -0.1) is 0 Å². The van der Waals surface area contributed by atoms with E-state index in [1.54, 1.807) is 23.3 Å². The van der Waals surface area contributed by atoms with Crippen molar-refractivity contribution < 1.29 is 4.79 Å². The molecule has 0 atom stereocenters. The van der Waals surface area contributed by atoms with Crippen molar-refractivity contribution in [2.45, 2.75) is 33.1 Å². The molecule has 2 heteroatoms. The highest BCUT2D eigenvalue weighted by atomic mass is 16.1. The van der Waals surface area contributed by atoms with Crippen LogP contribution in [0.1, 0.15) is 39.0 Å². The normalized spacial score (nSPS) is 12.3. The zero-order valence-corrected chi connectivity index (χ0v) is 12.1. The topological polar surface area (TPSA) is 43.1 Å². The number of fused-ring (bicyclic) bond motifs is 1. The van der Waals surface area contributed by atoms with E-state index in [0.717, 1.165) is 5.56 Å². The second kappa shape index (κ2) is 6.38. The molecular weight excluding hydrogens is 246 g/mol. The minimum atomic E-state index is -0.375. The highest BCUT2D eigenvalue weighted by molar-refractivity contribution is 5.92. The van der Waals surface area contributed by atoms with E-state index in [0.29, 0.717) is 5.56 Å². The van der Waals surface area contributed by atoms with Crippen molar-refractivity contribution in [2.24, 2.45) is 5.73 Å². The summed E-state index contributed by atoms with van der Waals surface area (Å²) >= 11 is 0. The van der Waals surface area contributed by atoms with Crippen molar-refractivity contribution in [1.82, 2.24) is 0 Å². The Balaban J connectivity index is 0.000000147. The molecule has 2 N–H and O–H groups in total. The first-order valence-corrected chi connectivity index (χ1v) is 7.01. The number of primary amides is 1. The van der Waals surface area contributed by atoms with Gasteiger partial charge in [0.15, 0.2) is 0 Å². The molecule has 0 saturated heterocycles. The number of nitrogens with two attached hydrogens (primary N) is 1. The molecule has 1 aliphatic rings. The molecule has 1 amide bonds. The van der Waals surface area contributed by atoms with E-state index in [1.165, 1.54) is 24.8 Å². The fourth-order valence-corrected chi connectivity index (χ4v) is 2.42. The van der Waals surface area contributed by atoms with E-state index in [4.69, 9.17) is 5.73 Å². The molecular formula is C18H21NO. The Labute approximate surface area is 120 Å². The van der Waals surface area contributed by atoms with Gasteiger partial charge in [-0.1, -0.05) is 41.5 Å². The molecule has 0 aromatic heterocycles. The number of hydrogen-bond acceptors (Lipinski definition) is 1. The Morgan fingerprint density at radius 1 is 0.900 bits per heavy atom. The number of benzene rings is 2. The smallest absolute Gasteiger partial charge is 0.248 e. The van der Waals surface area contributed by atoms with Crippen molar-refractivity contribution >= 4 is 5.91 Å².